The summed E-state index contributed by atoms with van der Waals surface area (Å²) in [6, 6.07) is 14.5. The second kappa shape index (κ2) is 6.21. The zero-order chi connectivity index (χ0) is 16.4. The normalized spacial score (nSPS) is 13.7. The zero-order valence-corrected chi connectivity index (χ0v) is 12.2. The number of benzene rings is 2. The van der Waals surface area contributed by atoms with Crippen LogP contribution in [0.4, 0.5) is 4.39 Å². The summed E-state index contributed by atoms with van der Waals surface area (Å²) in [5.41, 5.74) is 1.81. The highest BCUT2D eigenvalue weighted by molar-refractivity contribution is 5.86. The maximum Gasteiger partial charge on any atom is 0.123 e. The van der Waals surface area contributed by atoms with E-state index in [1.54, 1.807) is 41.1 Å². The molecule has 23 heavy (non-hydrogen) atoms. The predicted molar refractivity (Wildman–Crippen MR) is 84.3 cm³/mol. The third kappa shape index (κ3) is 2.70. The summed E-state index contributed by atoms with van der Waals surface area (Å²) in [6.07, 6.45) is 0.637. The van der Waals surface area contributed by atoms with E-state index in [1.807, 2.05) is 6.07 Å². The molecule has 0 amide bonds. The van der Waals surface area contributed by atoms with Crippen molar-refractivity contribution in [3.63, 3.8) is 0 Å². The Labute approximate surface area is 132 Å². The molecule has 4 nitrogen and oxygen atoms in total. The molecule has 3 aromatic rings. The fraction of sp³-hybridized carbons (Fsp3) is 0.167. The van der Waals surface area contributed by atoms with Gasteiger partial charge in [0.05, 0.1) is 24.3 Å². The molecule has 0 radical (unpaired) electrons. The lowest BCUT2D eigenvalue weighted by atomic mass is 10.0. The second-order valence-electron chi connectivity index (χ2n) is 5.32. The monoisotopic (exact) mass is 310 g/mol. The van der Waals surface area contributed by atoms with Gasteiger partial charge in [0, 0.05) is 17.1 Å². The Bertz CT molecular complexity index is 882. The van der Waals surface area contributed by atoms with Gasteiger partial charge in [-0.2, -0.15) is 5.26 Å². The first kappa shape index (κ1) is 15.2. The van der Waals surface area contributed by atoms with E-state index in [0.29, 0.717) is 11.1 Å². The Balaban J connectivity index is 2.21. The van der Waals surface area contributed by atoms with Gasteiger partial charge in [0.15, 0.2) is 0 Å². The van der Waals surface area contributed by atoms with Crippen LogP contribution in [0.3, 0.4) is 0 Å². The number of aliphatic hydroxyl groups is 2. The minimum atomic E-state index is -1.10. The van der Waals surface area contributed by atoms with Gasteiger partial charge in [0.25, 0.3) is 0 Å². The molecule has 2 N–H and O–H groups in total. The van der Waals surface area contributed by atoms with Crippen molar-refractivity contribution in [3.8, 4) is 6.07 Å². The van der Waals surface area contributed by atoms with Crippen molar-refractivity contribution in [1.29, 1.82) is 5.26 Å². The first-order valence-corrected chi connectivity index (χ1v) is 7.19. The van der Waals surface area contributed by atoms with Crippen molar-refractivity contribution in [2.24, 2.45) is 0 Å². The fourth-order valence-electron chi connectivity index (χ4n) is 2.89. The van der Waals surface area contributed by atoms with Crippen LogP contribution < -0.4 is 0 Å². The van der Waals surface area contributed by atoms with Crippen molar-refractivity contribution < 1.29 is 14.6 Å². The van der Waals surface area contributed by atoms with Gasteiger partial charge in [0.2, 0.25) is 0 Å². The lowest BCUT2D eigenvalue weighted by Gasteiger charge is -2.25. The first-order valence-electron chi connectivity index (χ1n) is 7.19. The standard InChI is InChI=1S/C18H15FN2O2/c19-14-5-1-3-12(9-14)18(17(23)11-22)21-8-7-15-13(10-20)4-2-6-16(15)21/h1-9,17-18,22-23H,11H2. The topological polar surface area (TPSA) is 69.2 Å². The maximum atomic E-state index is 13.6. The molecule has 0 aliphatic heterocycles. The summed E-state index contributed by atoms with van der Waals surface area (Å²) >= 11 is 0. The molecule has 0 spiro atoms. The van der Waals surface area contributed by atoms with E-state index in [2.05, 4.69) is 6.07 Å². The van der Waals surface area contributed by atoms with Crippen LogP contribution in [0.1, 0.15) is 17.2 Å². The number of nitriles is 1. The highest BCUT2D eigenvalue weighted by Gasteiger charge is 2.24. The van der Waals surface area contributed by atoms with Gasteiger partial charge in [-0.1, -0.05) is 18.2 Å². The van der Waals surface area contributed by atoms with Crippen LogP contribution in [-0.2, 0) is 0 Å². The molecular weight excluding hydrogens is 295 g/mol. The zero-order valence-electron chi connectivity index (χ0n) is 12.2. The van der Waals surface area contributed by atoms with Gasteiger partial charge >= 0.3 is 0 Å². The number of rotatable bonds is 4. The van der Waals surface area contributed by atoms with Gasteiger partial charge in [0.1, 0.15) is 11.9 Å². The Hall–Kier alpha value is -2.68. The van der Waals surface area contributed by atoms with E-state index in [0.717, 1.165) is 10.9 Å². The highest BCUT2D eigenvalue weighted by Crippen LogP contribution is 2.29. The third-order valence-corrected chi connectivity index (χ3v) is 3.92. The second-order valence-corrected chi connectivity index (χ2v) is 5.32. The molecule has 116 valence electrons. The van der Waals surface area contributed by atoms with Gasteiger partial charge in [-0.3, -0.25) is 0 Å². The summed E-state index contributed by atoms with van der Waals surface area (Å²) in [6.45, 7) is -0.460. The minimum Gasteiger partial charge on any atom is -0.394 e. The first-order chi connectivity index (χ1) is 11.2. The van der Waals surface area contributed by atoms with Crippen molar-refractivity contribution in [1.82, 2.24) is 4.57 Å². The third-order valence-electron chi connectivity index (χ3n) is 3.92. The number of fused-ring (bicyclic) bond motifs is 1. The van der Waals surface area contributed by atoms with Crippen LogP contribution in [0.2, 0.25) is 0 Å². The highest BCUT2D eigenvalue weighted by atomic mass is 19.1. The number of aromatic nitrogens is 1. The lowest BCUT2D eigenvalue weighted by Crippen LogP contribution is -2.28. The molecule has 0 aliphatic carbocycles. The predicted octanol–water partition coefficient (Wildman–Crippen LogP) is 2.59. The number of hydrogen-bond donors (Lipinski definition) is 2. The van der Waals surface area contributed by atoms with E-state index in [-0.39, 0.29) is 0 Å². The Morgan fingerprint density at radius 1 is 1.17 bits per heavy atom. The van der Waals surface area contributed by atoms with Gasteiger partial charge in [-0.25, -0.2) is 4.39 Å². The van der Waals surface area contributed by atoms with Crippen LogP contribution >= 0.6 is 0 Å². The van der Waals surface area contributed by atoms with Crippen LogP contribution in [0.15, 0.2) is 54.7 Å². The van der Waals surface area contributed by atoms with Crippen LogP contribution in [-0.4, -0.2) is 27.5 Å². The summed E-state index contributed by atoms with van der Waals surface area (Å²) in [5, 5.41) is 29.6. The maximum absolute atomic E-state index is 13.6. The number of hydrogen-bond acceptors (Lipinski definition) is 3. The quantitative estimate of drug-likeness (QED) is 0.778. The summed E-state index contributed by atoms with van der Waals surface area (Å²) in [5.74, 6) is -0.410. The van der Waals surface area contributed by atoms with Crippen molar-refractivity contribution in [2.45, 2.75) is 12.1 Å². The largest absolute Gasteiger partial charge is 0.394 e. The number of halogens is 1. The lowest BCUT2D eigenvalue weighted by molar-refractivity contribution is 0.0653. The van der Waals surface area contributed by atoms with E-state index >= 15 is 0 Å². The molecule has 3 rings (SSSR count). The molecule has 1 heterocycles. The fourth-order valence-corrected chi connectivity index (χ4v) is 2.89. The molecule has 0 aliphatic rings. The molecule has 0 saturated heterocycles. The van der Waals surface area contributed by atoms with Crippen LogP contribution in [0.5, 0.6) is 0 Å². The van der Waals surface area contributed by atoms with Crippen molar-refractivity contribution in [3.05, 3.63) is 71.7 Å². The smallest absolute Gasteiger partial charge is 0.123 e. The van der Waals surface area contributed by atoms with E-state index in [4.69, 9.17) is 0 Å². The molecule has 0 saturated carbocycles. The minimum absolute atomic E-state index is 0.410. The summed E-state index contributed by atoms with van der Waals surface area (Å²) in [4.78, 5) is 0. The average Bonchev–Trinajstić information content (AvgIpc) is 2.99. The molecule has 2 unspecified atom stereocenters. The average molecular weight is 310 g/mol. The van der Waals surface area contributed by atoms with Crippen LogP contribution in [0.25, 0.3) is 10.9 Å². The Kier molecular flexibility index (Phi) is 4.11. The van der Waals surface area contributed by atoms with Gasteiger partial charge < -0.3 is 14.8 Å². The Morgan fingerprint density at radius 3 is 2.65 bits per heavy atom. The molecule has 5 heteroatoms. The molecule has 0 fully saturated rings. The van der Waals surface area contributed by atoms with E-state index < -0.39 is 24.6 Å². The van der Waals surface area contributed by atoms with E-state index in [1.165, 1.54) is 12.1 Å². The molecule has 2 atom stereocenters. The van der Waals surface area contributed by atoms with Gasteiger partial charge in [-0.15, -0.1) is 0 Å². The molecule has 0 bridgehead atoms. The molecule has 1 aromatic heterocycles. The van der Waals surface area contributed by atoms with Crippen molar-refractivity contribution >= 4 is 10.9 Å². The number of aliphatic hydroxyl groups excluding tert-OH is 2. The van der Waals surface area contributed by atoms with Crippen molar-refractivity contribution in [2.75, 3.05) is 6.61 Å². The van der Waals surface area contributed by atoms with Gasteiger partial charge in [-0.05, 0) is 35.9 Å². The summed E-state index contributed by atoms with van der Waals surface area (Å²) in [7, 11) is 0. The van der Waals surface area contributed by atoms with Crippen LogP contribution in [0, 0.1) is 17.1 Å². The Morgan fingerprint density at radius 2 is 1.96 bits per heavy atom. The van der Waals surface area contributed by atoms with E-state index in [9.17, 15) is 19.9 Å². The number of nitrogens with zero attached hydrogens (tertiary/aromatic N) is 2. The molecular formula is C18H15FN2O2. The molecule has 2 aromatic carbocycles. The SMILES string of the molecule is N#Cc1cccc2c1ccn2C(c1cccc(F)c1)C(O)CO. The summed E-state index contributed by atoms with van der Waals surface area (Å²) < 4.78 is 15.3.